The molecule has 1 atom stereocenters. The van der Waals surface area contributed by atoms with E-state index < -0.39 is 0 Å². The van der Waals surface area contributed by atoms with Gasteiger partial charge in [0, 0.05) is 30.3 Å². The van der Waals surface area contributed by atoms with Crippen LogP contribution in [0.3, 0.4) is 0 Å². The molecule has 2 rings (SSSR count). The molecule has 106 valence electrons. The van der Waals surface area contributed by atoms with Crippen molar-refractivity contribution in [3.8, 4) is 0 Å². The summed E-state index contributed by atoms with van der Waals surface area (Å²) in [6, 6.07) is 14.0. The number of nitrogens with zero attached hydrogens (tertiary/aromatic N) is 1. The fourth-order valence-electron chi connectivity index (χ4n) is 2.11. The van der Waals surface area contributed by atoms with Gasteiger partial charge in [-0.15, -0.1) is 0 Å². The van der Waals surface area contributed by atoms with Crippen LogP contribution >= 0.6 is 11.6 Å². The lowest BCUT2D eigenvalue weighted by Crippen LogP contribution is -2.23. The van der Waals surface area contributed by atoms with E-state index >= 15 is 0 Å². The summed E-state index contributed by atoms with van der Waals surface area (Å²) in [6.45, 7) is 0.732. The van der Waals surface area contributed by atoms with Gasteiger partial charge in [-0.25, -0.2) is 4.39 Å². The molecule has 20 heavy (non-hydrogen) atoms. The molecule has 0 aliphatic heterocycles. The molecule has 0 fully saturated rings. The zero-order chi connectivity index (χ0) is 14.5. The minimum Gasteiger partial charge on any atom is -0.374 e. The maximum Gasteiger partial charge on any atom is 0.125 e. The molecule has 0 aromatic heterocycles. The third-order valence-electron chi connectivity index (χ3n) is 3.33. The van der Waals surface area contributed by atoms with E-state index in [0.717, 1.165) is 24.2 Å². The van der Waals surface area contributed by atoms with Crippen LogP contribution in [0, 0.1) is 5.82 Å². The van der Waals surface area contributed by atoms with Crippen molar-refractivity contribution in [1.82, 2.24) is 0 Å². The van der Waals surface area contributed by atoms with Crippen molar-refractivity contribution in [3.63, 3.8) is 0 Å². The standard InChI is InChI=1S/C16H18ClFN2/c1-20(13-6-4-5-12(18)11-13)10-9-16(19)14-7-2-3-8-15(14)17/h2-8,11,16H,9-10,19H2,1H3. The number of halogens is 2. The molecule has 2 aromatic rings. The third kappa shape index (κ3) is 3.71. The topological polar surface area (TPSA) is 29.3 Å². The highest BCUT2D eigenvalue weighted by atomic mass is 35.5. The van der Waals surface area contributed by atoms with Gasteiger partial charge in [0.05, 0.1) is 0 Å². The van der Waals surface area contributed by atoms with Gasteiger partial charge in [-0.1, -0.05) is 35.9 Å². The molecule has 0 heterocycles. The molecule has 0 saturated carbocycles. The first-order valence-electron chi connectivity index (χ1n) is 6.54. The minimum atomic E-state index is -0.232. The van der Waals surface area contributed by atoms with Crippen LogP contribution in [0.1, 0.15) is 18.0 Å². The number of hydrogen-bond donors (Lipinski definition) is 1. The van der Waals surface area contributed by atoms with E-state index in [1.54, 1.807) is 6.07 Å². The highest BCUT2D eigenvalue weighted by Crippen LogP contribution is 2.24. The van der Waals surface area contributed by atoms with Gasteiger partial charge in [0.25, 0.3) is 0 Å². The molecule has 0 bridgehead atoms. The van der Waals surface area contributed by atoms with Crippen LogP contribution in [0.4, 0.5) is 10.1 Å². The SMILES string of the molecule is CN(CCC(N)c1ccccc1Cl)c1cccc(F)c1. The van der Waals surface area contributed by atoms with E-state index in [-0.39, 0.29) is 11.9 Å². The number of benzene rings is 2. The summed E-state index contributed by atoms with van der Waals surface area (Å²) in [5.41, 5.74) is 7.96. The van der Waals surface area contributed by atoms with Crippen LogP contribution in [-0.4, -0.2) is 13.6 Å². The van der Waals surface area contributed by atoms with E-state index in [1.165, 1.54) is 12.1 Å². The fraction of sp³-hybridized carbons (Fsp3) is 0.250. The summed E-state index contributed by atoms with van der Waals surface area (Å²) in [4.78, 5) is 1.99. The molecule has 2 nitrogen and oxygen atoms in total. The Kier molecular flexibility index (Phi) is 4.99. The van der Waals surface area contributed by atoms with Gasteiger partial charge in [0.2, 0.25) is 0 Å². The van der Waals surface area contributed by atoms with Crippen LogP contribution in [-0.2, 0) is 0 Å². The molecular formula is C16H18ClFN2. The van der Waals surface area contributed by atoms with E-state index in [9.17, 15) is 4.39 Å². The summed E-state index contributed by atoms with van der Waals surface area (Å²) in [7, 11) is 1.92. The van der Waals surface area contributed by atoms with Crippen molar-refractivity contribution in [1.29, 1.82) is 0 Å². The monoisotopic (exact) mass is 292 g/mol. The average Bonchev–Trinajstić information content (AvgIpc) is 2.45. The van der Waals surface area contributed by atoms with Crippen molar-refractivity contribution >= 4 is 17.3 Å². The summed E-state index contributed by atoms with van der Waals surface area (Å²) in [6.07, 6.45) is 0.747. The zero-order valence-electron chi connectivity index (χ0n) is 11.4. The van der Waals surface area contributed by atoms with Crippen LogP contribution in [0.15, 0.2) is 48.5 Å². The highest BCUT2D eigenvalue weighted by molar-refractivity contribution is 6.31. The molecule has 0 saturated heterocycles. The Hall–Kier alpha value is -1.58. The molecule has 2 aromatic carbocycles. The van der Waals surface area contributed by atoms with Crippen LogP contribution in [0.25, 0.3) is 0 Å². The molecule has 0 radical (unpaired) electrons. The Morgan fingerprint density at radius 2 is 1.95 bits per heavy atom. The lowest BCUT2D eigenvalue weighted by atomic mass is 10.0. The molecular weight excluding hydrogens is 275 g/mol. The first-order valence-corrected chi connectivity index (χ1v) is 6.92. The van der Waals surface area contributed by atoms with Crippen molar-refractivity contribution in [2.45, 2.75) is 12.5 Å². The van der Waals surface area contributed by atoms with E-state index in [0.29, 0.717) is 5.02 Å². The lowest BCUT2D eigenvalue weighted by Gasteiger charge is -2.22. The molecule has 0 aliphatic rings. The van der Waals surface area contributed by atoms with Gasteiger partial charge in [-0.3, -0.25) is 0 Å². The van der Waals surface area contributed by atoms with Gasteiger partial charge in [0.15, 0.2) is 0 Å². The number of hydrogen-bond acceptors (Lipinski definition) is 2. The van der Waals surface area contributed by atoms with Crippen LogP contribution in [0.2, 0.25) is 5.02 Å². The minimum absolute atomic E-state index is 0.125. The molecule has 2 N–H and O–H groups in total. The summed E-state index contributed by atoms with van der Waals surface area (Å²) >= 11 is 6.13. The maximum atomic E-state index is 13.2. The molecule has 0 aliphatic carbocycles. The number of anilines is 1. The Labute approximate surface area is 124 Å². The van der Waals surface area contributed by atoms with Crippen LogP contribution in [0.5, 0.6) is 0 Å². The predicted molar refractivity (Wildman–Crippen MR) is 82.7 cm³/mol. The van der Waals surface area contributed by atoms with Crippen molar-refractivity contribution in [2.75, 3.05) is 18.5 Å². The lowest BCUT2D eigenvalue weighted by molar-refractivity contribution is 0.623. The van der Waals surface area contributed by atoms with E-state index in [2.05, 4.69) is 0 Å². The Morgan fingerprint density at radius 3 is 2.65 bits per heavy atom. The summed E-state index contributed by atoms with van der Waals surface area (Å²) < 4.78 is 13.2. The normalized spacial score (nSPS) is 12.2. The van der Waals surface area contributed by atoms with Gasteiger partial charge >= 0.3 is 0 Å². The summed E-state index contributed by atoms with van der Waals surface area (Å²) in [5.74, 6) is -0.232. The predicted octanol–water partition coefficient (Wildman–Crippen LogP) is 4.01. The second kappa shape index (κ2) is 6.73. The molecule has 0 amide bonds. The number of rotatable bonds is 5. The number of nitrogens with two attached hydrogens (primary N) is 1. The van der Waals surface area contributed by atoms with Gasteiger partial charge in [-0.2, -0.15) is 0 Å². The van der Waals surface area contributed by atoms with Gasteiger partial charge in [0.1, 0.15) is 5.82 Å². The molecule has 1 unspecified atom stereocenters. The quantitative estimate of drug-likeness (QED) is 0.902. The van der Waals surface area contributed by atoms with Gasteiger partial charge < -0.3 is 10.6 Å². The Bertz CT molecular complexity index is 574. The smallest absolute Gasteiger partial charge is 0.125 e. The second-order valence-electron chi connectivity index (χ2n) is 4.82. The second-order valence-corrected chi connectivity index (χ2v) is 5.23. The van der Waals surface area contributed by atoms with E-state index in [1.807, 2.05) is 42.3 Å². The largest absolute Gasteiger partial charge is 0.374 e. The fourth-order valence-corrected chi connectivity index (χ4v) is 2.38. The van der Waals surface area contributed by atoms with E-state index in [4.69, 9.17) is 17.3 Å². The third-order valence-corrected chi connectivity index (χ3v) is 3.67. The highest BCUT2D eigenvalue weighted by Gasteiger charge is 2.11. The first-order chi connectivity index (χ1) is 9.58. The maximum absolute atomic E-state index is 13.2. The average molecular weight is 293 g/mol. The first kappa shape index (κ1) is 14.8. The van der Waals surface area contributed by atoms with Crippen LogP contribution < -0.4 is 10.6 Å². The zero-order valence-corrected chi connectivity index (χ0v) is 12.1. The Balaban J connectivity index is 1.97. The molecule has 0 spiro atoms. The van der Waals surface area contributed by atoms with Gasteiger partial charge in [-0.05, 0) is 36.2 Å². The molecule has 4 heteroatoms. The Morgan fingerprint density at radius 1 is 1.20 bits per heavy atom. The van der Waals surface area contributed by atoms with Crippen molar-refractivity contribution < 1.29 is 4.39 Å². The van der Waals surface area contributed by atoms with Crippen molar-refractivity contribution in [3.05, 3.63) is 64.9 Å². The van der Waals surface area contributed by atoms with Crippen molar-refractivity contribution in [2.24, 2.45) is 5.73 Å². The summed E-state index contributed by atoms with van der Waals surface area (Å²) in [5, 5.41) is 0.688.